The van der Waals surface area contributed by atoms with Crippen molar-refractivity contribution in [3.63, 3.8) is 0 Å². The zero-order valence-electron chi connectivity index (χ0n) is 13.7. The van der Waals surface area contributed by atoms with Gasteiger partial charge in [0.1, 0.15) is 4.90 Å². The normalized spacial score (nSPS) is 19.5. The van der Waals surface area contributed by atoms with E-state index in [9.17, 15) is 13.2 Å². The Balaban J connectivity index is 1.79. The van der Waals surface area contributed by atoms with Crippen LogP contribution in [0.25, 0.3) is 0 Å². The van der Waals surface area contributed by atoms with E-state index in [0.29, 0.717) is 18.7 Å². The highest BCUT2D eigenvalue weighted by molar-refractivity contribution is 7.89. The molecule has 1 aromatic rings. The van der Waals surface area contributed by atoms with Gasteiger partial charge in [0.2, 0.25) is 10.0 Å². The quantitative estimate of drug-likeness (QED) is 0.772. The molecule has 2 N–H and O–H groups in total. The number of sulfonamides is 1. The Hall–Kier alpha value is -1.15. The Labute approximate surface area is 147 Å². The van der Waals surface area contributed by atoms with Crippen LogP contribution in [0.4, 0.5) is 0 Å². The van der Waals surface area contributed by atoms with Crippen molar-refractivity contribution in [3.05, 3.63) is 28.8 Å². The minimum absolute atomic E-state index is 0.00415. The molecule has 6 nitrogen and oxygen atoms in total. The van der Waals surface area contributed by atoms with Gasteiger partial charge in [-0.05, 0) is 38.0 Å². The number of benzene rings is 1. The van der Waals surface area contributed by atoms with Crippen molar-refractivity contribution in [2.45, 2.75) is 30.7 Å². The standard InChI is InChI=1S/C16H22ClN3O3S/c1-2-19-7-9-20(10-8-19)16(21)12-3-6-14(17)15(11-12)24(22,23)18-13-4-5-13/h3,6,11,13,18H,2,4-5,7-10H2,1H3/p+1. The highest BCUT2D eigenvalue weighted by atomic mass is 35.5. The number of piperazine rings is 1. The summed E-state index contributed by atoms with van der Waals surface area (Å²) >= 11 is 6.07. The molecule has 1 aromatic carbocycles. The number of likely N-dealkylation sites (N-methyl/N-ethyl adjacent to an activating group) is 1. The van der Waals surface area contributed by atoms with E-state index >= 15 is 0 Å². The molecule has 2 fully saturated rings. The molecular formula is C16H23ClN3O3S+. The van der Waals surface area contributed by atoms with Gasteiger partial charge in [0.25, 0.3) is 5.91 Å². The summed E-state index contributed by atoms with van der Waals surface area (Å²) in [5, 5.41) is 0.139. The predicted octanol–water partition coefficient (Wildman–Crippen LogP) is 0.141. The molecule has 0 aromatic heterocycles. The Kier molecular flexibility index (Phi) is 5.15. The number of nitrogens with zero attached hydrogens (tertiary/aromatic N) is 1. The van der Waals surface area contributed by atoms with Crippen LogP contribution in [-0.4, -0.2) is 58.0 Å². The topological polar surface area (TPSA) is 70.9 Å². The molecule has 0 atom stereocenters. The van der Waals surface area contributed by atoms with Crippen molar-refractivity contribution < 1.29 is 18.1 Å². The van der Waals surface area contributed by atoms with Crippen LogP contribution in [0, 0.1) is 0 Å². The third kappa shape index (κ3) is 3.91. The summed E-state index contributed by atoms with van der Waals surface area (Å²) in [6.07, 6.45) is 1.69. The van der Waals surface area contributed by atoms with Crippen LogP contribution in [-0.2, 0) is 10.0 Å². The van der Waals surface area contributed by atoms with Gasteiger partial charge >= 0.3 is 0 Å². The van der Waals surface area contributed by atoms with E-state index in [4.69, 9.17) is 11.6 Å². The maximum Gasteiger partial charge on any atom is 0.254 e. The van der Waals surface area contributed by atoms with Gasteiger partial charge in [-0.3, -0.25) is 4.79 Å². The van der Waals surface area contributed by atoms with E-state index in [1.54, 1.807) is 11.0 Å². The molecule has 1 amide bonds. The Bertz CT molecular complexity index is 726. The highest BCUT2D eigenvalue weighted by Gasteiger charge is 2.30. The number of quaternary nitrogens is 1. The van der Waals surface area contributed by atoms with Crippen molar-refractivity contribution in [3.8, 4) is 0 Å². The van der Waals surface area contributed by atoms with Gasteiger partial charge in [-0.25, -0.2) is 13.1 Å². The average molecular weight is 373 g/mol. The Morgan fingerprint density at radius 1 is 1.33 bits per heavy atom. The van der Waals surface area contributed by atoms with Crippen LogP contribution in [0.15, 0.2) is 23.1 Å². The minimum atomic E-state index is -3.68. The fourth-order valence-corrected chi connectivity index (χ4v) is 4.72. The van der Waals surface area contributed by atoms with Gasteiger partial charge in [0.05, 0.1) is 37.7 Å². The number of carbonyl (C=O) groups excluding carboxylic acids is 1. The van der Waals surface area contributed by atoms with Gasteiger partial charge in [0.15, 0.2) is 0 Å². The van der Waals surface area contributed by atoms with E-state index < -0.39 is 10.0 Å². The predicted molar refractivity (Wildman–Crippen MR) is 91.9 cm³/mol. The average Bonchev–Trinajstić information content (AvgIpc) is 3.38. The molecule has 1 aliphatic carbocycles. The maximum absolute atomic E-state index is 12.7. The molecule has 1 aliphatic heterocycles. The summed E-state index contributed by atoms with van der Waals surface area (Å²) in [6, 6.07) is 4.48. The van der Waals surface area contributed by atoms with Crippen molar-refractivity contribution in [1.29, 1.82) is 0 Å². The second-order valence-electron chi connectivity index (χ2n) is 6.44. The molecule has 0 spiro atoms. The van der Waals surface area contributed by atoms with E-state index in [0.717, 1.165) is 32.5 Å². The van der Waals surface area contributed by atoms with Gasteiger partial charge in [-0.2, -0.15) is 0 Å². The summed E-state index contributed by atoms with van der Waals surface area (Å²) in [7, 11) is -3.68. The van der Waals surface area contributed by atoms with Crippen LogP contribution < -0.4 is 9.62 Å². The lowest BCUT2D eigenvalue weighted by molar-refractivity contribution is -0.902. The fraction of sp³-hybridized carbons (Fsp3) is 0.562. The van der Waals surface area contributed by atoms with E-state index in [2.05, 4.69) is 11.6 Å². The molecule has 3 rings (SSSR count). The third-order valence-corrected chi connectivity index (χ3v) is 6.63. The van der Waals surface area contributed by atoms with Gasteiger partial charge in [-0.1, -0.05) is 11.6 Å². The zero-order valence-corrected chi connectivity index (χ0v) is 15.3. The number of hydrogen-bond donors (Lipinski definition) is 2. The molecule has 0 unspecified atom stereocenters. The van der Waals surface area contributed by atoms with Gasteiger partial charge in [-0.15, -0.1) is 0 Å². The molecule has 132 valence electrons. The molecule has 1 heterocycles. The summed E-state index contributed by atoms with van der Waals surface area (Å²) in [5.41, 5.74) is 0.371. The third-order valence-electron chi connectivity index (χ3n) is 4.62. The number of hydrogen-bond acceptors (Lipinski definition) is 3. The van der Waals surface area contributed by atoms with Crippen molar-refractivity contribution >= 4 is 27.5 Å². The highest BCUT2D eigenvalue weighted by Crippen LogP contribution is 2.27. The molecule has 0 bridgehead atoms. The lowest BCUT2D eigenvalue weighted by atomic mass is 10.2. The van der Waals surface area contributed by atoms with E-state index in [1.165, 1.54) is 17.0 Å². The monoisotopic (exact) mass is 372 g/mol. The lowest BCUT2D eigenvalue weighted by Gasteiger charge is -2.31. The van der Waals surface area contributed by atoms with Crippen LogP contribution >= 0.6 is 11.6 Å². The second-order valence-corrected chi connectivity index (χ2v) is 8.53. The van der Waals surface area contributed by atoms with Gasteiger partial charge < -0.3 is 9.80 Å². The van der Waals surface area contributed by atoms with Crippen LogP contribution in [0.3, 0.4) is 0 Å². The number of carbonyl (C=O) groups is 1. The number of nitrogens with one attached hydrogen (secondary N) is 2. The van der Waals surface area contributed by atoms with Crippen LogP contribution in [0.2, 0.25) is 5.02 Å². The number of amides is 1. The minimum Gasteiger partial charge on any atom is -0.332 e. The fourth-order valence-electron chi connectivity index (χ4n) is 2.89. The molecule has 24 heavy (non-hydrogen) atoms. The SMILES string of the molecule is CC[NH+]1CCN(C(=O)c2ccc(Cl)c(S(=O)(=O)NC3CC3)c2)CC1. The zero-order chi connectivity index (χ0) is 17.3. The molecule has 0 radical (unpaired) electrons. The Morgan fingerprint density at radius 2 is 2.00 bits per heavy atom. The summed E-state index contributed by atoms with van der Waals surface area (Å²) in [5.74, 6) is -0.135. The summed E-state index contributed by atoms with van der Waals surface area (Å²) < 4.78 is 27.4. The Morgan fingerprint density at radius 3 is 2.58 bits per heavy atom. The largest absolute Gasteiger partial charge is 0.332 e. The first-order chi connectivity index (χ1) is 11.4. The first kappa shape index (κ1) is 17.7. The summed E-state index contributed by atoms with van der Waals surface area (Å²) in [6.45, 7) is 6.41. The van der Waals surface area contributed by atoms with E-state index in [-0.39, 0.29) is 21.9 Å². The van der Waals surface area contributed by atoms with Crippen molar-refractivity contribution in [2.24, 2.45) is 0 Å². The molecular weight excluding hydrogens is 350 g/mol. The molecule has 2 aliphatic rings. The van der Waals surface area contributed by atoms with E-state index in [1.807, 2.05) is 0 Å². The number of halogens is 1. The second kappa shape index (κ2) is 7.00. The number of rotatable bonds is 5. The molecule has 1 saturated carbocycles. The smallest absolute Gasteiger partial charge is 0.254 e. The summed E-state index contributed by atoms with van der Waals surface area (Å²) in [4.78, 5) is 15.9. The van der Waals surface area contributed by atoms with Gasteiger partial charge in [0, 0.05) is 11.6 Å². The van der Waals surface area contributed by atoms with Crippen molar-refractivity contribution in [2.75, 3.05) is 32.7 Å². The van der Waals surface area contributed by atoms with Crippen LogP contribution in [0.5, 0.6) is 0 Å². The van der Waals surface area contributed by atoms with Crippen LogP contribution in [0.1, 0.15) is 30.1 Å². The first-order valence-electron chi connectivity index (χ1n) is 8.35. The first-order valence-corrected chi connectivity index (χ1v) is 10.2. The van der Waals surface area contributed by atoms with Crippen molar-refractivity contribution in [1.82, 2.24) is 9.62 Å². The molecule has 8 heteroatoms. The molecule has 1 saturated heterocycles. The maximum atomic E-state index is 12.7. The lowest BCUT2D eigenvalue weighted by Crippen LogP contribution is -3.14.